The van der Waals surface area contributed by atoms with Gasteiger partial charge in [0.05, 0.1) is 11.3 Å². The van der Waals surface area contributed by atoms with Crippen molar-refractivity contribution in [3.05, 3.63) is 29.3 Å². The lowest BCUT2D eigenvalue weighted by Crippen LogP contribution is -2.27. The van der Waals surface area contributed by atoms with E-state index in [1.54, 1.807) is 0 Å². The van der Waals surface area contributed by atoms with Gasteiger partial charge in [-0.05, 0) is 38.3 Å². The molecule has 1 heterocycles. The molecule has 0 aliphatic carbocycles. The number of nitrogens with zero attached hydrogens (tertiary/aromatic N) is 2. The van der Waals surface area contributed by atoms with Crippen LogP contribution in [0.4, 0.5) is 5.69 Å². The van der Waals surface area contributed by atoms with Crippen molar-refractivity contribution in [3.63, 3.8) is 0 Å². The fourth-order valence-electron chi connectivity index (χ4n) is 2.40. The second kappa shape index (κ2) is 3.94. The monoisotopic (exact) mass is 200 g/mol. The molecule has 1 unspecified atom stereocenters. The SMILES string of the molecule is Cc1cccc(C#N)c1N1CCCC1C. The van der Waals surface area contributed by atoms with Crippen LogP contribution in [0.15, 0.2) is 18.2 Å². The van der Waals surface area contributed by atoms with Crippen molar-refractivity contribution in [1.29, 1.82) is 5.26 Å². The summed E-state index contributed by atoms with van der Waals surface area (Å²) in [6.07, 6.45) is 2.47. The van der Waals surface area contributed by atoms with Gasteiger partial charge in [0.25, 0.3) is 0 Å². The van der Waals surface area contributed by atoms with E-state index in [1.165, 1.54) is 18.4 Å². The molecule has 0 amide bonds. The van der Waals surface area contributed by atoms with E-state index in [2.05, 4.69) is 30.9 Å². The zero-order valence-corrected chi connectivity index (χ0v) is 9.33. The maximum atomic E-state index is 9.11. The Balaban J connectivity index is 2.47. The Morgan fingerprint density at radius 1 is 1.47 bits per heavy atom. The average molecular weight is 200 g/mol. The first-order chi connectivity index (χ1) is 7.24. The van der Waals surface area contributed by atoms with E-state index in [4.69, 9.17) is 5.26 Å². The molecule has 2 nitrogen and oxygen atoms in total. The second-order valence-electron chi connectivity index (χ2n) is 4.27. The van der Waals surface area contributed by atoms with Crippen molar-refractivity contribution in [2.45, 2.75) is 32.7 Å². The Bertz CT molecular complexity index is 403. The number of nitriles is 1. The summed E-state index contributed by atoms with van der Waals surface area (Å²) in [5.41, 5.74) is 3.16. The molecule has 1 aliphatic heterocycles. The molecule has 0 radical (unpaired) electrons. The van der Waals surface area contributed by atoms with Gasteiger partial charge in [-0.2, -0.15) is 5.26 Å². The third kappa shape index (κ3) is 1.70. The number of hydrogen-bond donors (Lipinski definition) is 0. The van der Waals surface area contributed by atoms with Crippen LogP contribution in [0.1, 0.15) is 30.9 Å². The first kappa shape index (κ1) is 10.0. The molecule has 78 valence electrons. The van der Waals surface area contributed by atoms with Crippen LogP contribution in [0.25, 0.3) is 0 Å². The summed E-state index contributed by atoms with van der Waals surface area (Å²) < 4.78 is 0. The highest BCUT2D eigenvalue weighted by atomic mass is 15.2. The van der Waals surface area contributed by atoms with Crippen LogP contribution >= 0.6 is 0 Å². The van der Waals surface area contributed by atoms with Crippen molar-refractivity contribution in [2.24, 2.45) is 0 Å². The molecule has 0 saturated carbocycles. The van der Waals surface area contributed by atoms with Crippen LogP contribution in [0.3, 0.4) is 0 Å². The van der Waals surface area contributed by atoms with E-state index in [-0.39, 0.29) is 0 Å². The zero-order chi connectivity index (χ0) is 10.8. The molecule has 0 aromatic heterocycles. The summed E-state index contributed by atoms with van der Waals surface area (Å²) >= 11 is 0. The third-order valence-corrected chi connectivity index (χ3v) is 3.20. The topological polar surface area (TPSA) is 27.0 Å². The molecule has 1 saturated heterocycles. The van der Waals surface area contributed by atoms with Gasteiger partial charge in [0.15, 0.2) is 0 Å². The second-order valence-corrected chi connectivity index (χ2v) is 4.27. The van der Waals surface area contributed by atoms with Gasteiger partial charge in [-0.25, -0.2) is 0 Å². The molecule has 1 aliphatic rings. The van der Waals surface area contributed by atoms with Crippen molar-refractivity contribution in [1.82, 2.24) is 0 Å². The highest BCUT2D eigenvalue weighted by Gasteiger charge is 2.23. The van der Waals surface area contributed by atoms with Crippen molar-refractivity contribution in [2.75, 3.05) is 11.4 Å². The minimum atomic E-state index is 0.568. The van der Waals surface area contributed by atoms with Gasteiger partial charge in [-0.1, -0.05) is 12.1 Å². The molecule has 1 atom stereocenters. The van der Waals surface area contributed by atoms with E-state index >= 15 is 0 Å². The average Bonchev–Trinajstić information content (AvgIpc) is 2.64. The first-order valence-electron chi connectivity index (χ1n) is 5.50. The van der Waals surface area contributed by atoms with Crippen LogP contribution < -0.4 is 4.90 Å². The molecule has 1 aromatic rings. The van der Waals surface area contributed by atoms with Gasteiger partial charge in [0.1, 0.15) is 6.07 Å². The van der Waals surface area contributed by atoms with Crippen molar-refractivity contribution in [3.8, 4) is 6.07 Å². The Kier molecular flexibility index (Phi) is 2.64. The molecular weight excluding hydrogens is 184 g/mol. The van der Waals surface area contributed by atoms with Gasteiger partial charge in [0, 0.05) is 12.6 Å². The normalized spacial score (nSPS) is 20.3. The van der Waals surface area contributed by atoms with Crippen LogP contribution in [0.2, 0.25) is 0 Å². The van der Waals surface area contributed by atoms with Crippen molar-refractivity contribution < 1.29 is 0 Å². The number of anilines is 1. The number of rotatable bonds is 1. The lowest BCUT2D eigenvalue weighted by atomic mass is 10.1. The molecule has 1 fully saturated rings. The fraction of sp³-hybridized carbons (Fsp3) is 0.462. The number of para-hydroxylation sites is 1. The standard InChI is InChI=1S/C13H16N2/c1-10-5-3-7-12(9-14)13(10)15-8-4-6-11(15)2/h3,5,7,11H,4,6,8H2,1-2H3. The maximum Gasteiger partial charge on any atom is 0.101 e. The smallest absolute Gasteiger partial charge is 0.101 e. The highest BCUT2D eigenvalue weighted by molar-refractivity contribution is 5.64. The summed E-state index contributed by atoms with van der Waals surface area (Å²) in [6, 6.07) is 8.81. The van der Waals surface area contributed by atoms with Gasteiger partial charge in [-0.3, -0.25) is 0 Å². The Labute approximate surface area is 91.1 Å². The van der Waals surface area contributed by atoms with Crippen molar-refractivity contribution >= 4 is 5.69 Å². The molecule has 2 heteroatoms. The van der Waals surface area contributed by atoms with E-state index in [1.807, 2.05) is 12.1 Å². The molecule has 2 rings (SSSR count). The molecular formula is C13H16N2. The van der Waals surface area contributed by atoms with E-state index in [0.717, 1.165) is 17.8 Å². The molecule has 0 spiro atoms. The summed E-state index contributed by atoms with van der Waals surface area (Å²) in [7, 11) is 0. The third-order valence-electron chi connectivity index (χ3n) is 3.20. The lowest BCUT2D eigenvalue weighted by Gasteiger charge is -2.26. The van der Waals surface area contributed by atoms with E-state index < -0.39 is 0 Å². The highest BCUT2D eigenvalue weighted by Crippen LogP contribution is 2.31. The molecule has 0 N–H and O–H groups in total. The lowest BCUT2D eigenvalue weighted by molar-refractivity contribution is 0.733. The van der Waals surface area contributed by atoms with Gasteiger partial charge < -0.3 is 4.90 Å². The Morgan fingerprint density at radius 2 is 2.27 bits per heavy atom. The Morgan fingerprint density at radius 3 is 2.87 bits per heavy atom. The van der Waals surface area contributed by atoms with E-state index in [0.29, 0.717) is 6.04 Å². The van der Waals surface area contributed by atoms with Gasteiger partial charge in [-0.15, -0.1) is 0 Å². The predicted octanol–water partition coefficient (Wildman–Crippen LogP) is 2.86. The minimum absolute atomic E-state index is 0.568. The molecule has 15 heavy (non-hydrogen) atoms. The Hall–Kier alpha value is -1.49. The van der Waals surface area contributed by atoms with Crippen LogP contribution in [-0.2, 0) is 0 Å². The quantitative estimate of drug-likeness (QED) is 0.697. The van der Waals surface area contributed by atoms with Gasteiger partial charge >= 0.3 is 0 Å². The number of hydrogen-bond acceptors (Lipinski definition) is 2. The predicted molar refractivity (Wildman–Crippen MR) is 61.9 cm³/mol. The minimum Gasteiger partial charge on any atom is -0.368 e. The van der Waals surface area contributed by atoms with Crippen LogP contribution in [0, 0.1) is 18.3 Å². The number of aryl methyl sites for hydroxylation is 1. The first-order valence-corrected chi connectivity index (χ1v) is 5.50. The largest absolute Gasteiger partial charge is 0.368 e. The summed E-state index contributed by atoms with van der Waals surface area (Å²) in [6.45, 7) is 5.41. The molecule has 1 aromatic carbocycles. The van der Waals surface area contributed by atoms with Gasteiger partial charge in [0.2, 0.25) is 0 Å². The zero-order valence-electron chi connectivity index (χ0n) is 9.33. The van der Waals surface area contributed by atoms with E-state index in [9.17, 15) is 0 Å². The number of benzene rings is 1. The summed E-state index contributed by atoms with van der Waals surface area (Å²) in [5.74, 6) is 0. The van der Waals surface area contributed by atoms with Crippen LogP contribution in [0.5, 0.6) is 0 Å². The summed E-state index contributed by atoms with van der Waals surface area (Å²) in [5, 5.41) is 9.11. The fourth-order valence-corrected chi connectivity index (χ4v) is 2.40. The summed E-state index contributed by atoms with van der Waals surface area (Å²) in [4.78, 5) is 2.37. The maximum absolute atomic E-state index is 9.11. The van der Waals surface area contributed by atoms with Crippen LogP contribution in [-0.4, -0.2) is 12.6 Å². The molecule has 0 bridgehead atoms.